The van der Waals surface area contributed by atoms with Gasteiger partial charge in [-0.2, -0.15) is 0 Å². The third kappa shape index (κ3) is 4.77. The molecule has 0 fully saturated rings. The number of amides is 1. The van der Waals surface area contributed by atoms with Crippen molar-refractivity contribution in [2.24, 2.45) is 0 Å². The molecule has 0 saturated carbocycles. The summed E-state index contributed by atoms with van der Waals surface area (Å²) in [4.78, 5) is 22.5. The third-order valence-corrected chi connectivity index (χ3v) is 3.71. The molecular weight excluding hydrogens is 314 g/mol. The van der Waals surface area contributed by atoms with Crippen LogP contribution in [0.5, 0.6) is 5.75 Å². The zero-order valence-corrected chi connectivity index (χ0v) is 12.4. The number of halogens is 1. The van der Waals surface area contributed by atoms with Crippen LogP contribution in [-0.4, -0.2) is 23.6 Å². The van der Waals surface area contributed by atoms with Crippen LogP contribution in [0.25, 0.3) is 0 Å². The maximum atomic E-state index is 11.6. The number of carbonyl (C=O) groups is 2. The van der Waals surface area contributed by atoms with Crippen molar-refractivity contribution in [1.82, 2.24) is 5.32 Å². The Morgan fingerprint density at radius 2 is 2.00 bits per heavy atom. The fourth-order valence-electron chi connectivity index (χ4n) is 1.51. The van der Waals surface area contributed by atoms with Crippen LogP contribution in [-0.2, 0) is 11.3 Å². The number of hydrogen-bond donors (Lipinski definition) is 2. The number of thiophene rings is 1. The average molecular weight is 326 g/mol. The average Bonchev–Trinajstić information content (AvgIpc) is 2.93. The second kappa shape index (κ2) is 7.10. The molecule has 0 aliphatic carbocycles. The molecule has 7 heteroatoms. The first-order valence-electron chi connectivity index (χ1n) is 6.00. The lowest BCUT2D eigenvalue weighted by atomic mass is 10.2. The molecule has 2 aromatic rings. The Labute approximate surface area is 130 Å². The highest BCUT2D eigenvalue weighted by atomic mass is 35.5. The fraction of sp³-hybridized carbons (Fsp3) is 0.143. The van der Waals surface area contributed by atoms with E-state index in [-0.39, 0.29) is 17.4 Å². The van der Waals surface area contributed by atoms with Crippen molar-refractivity contribution in [2.75, 3.05) is 6.61 Å². The van der Waals surface area contributed by atoms with Crippen LogP contribution in [0.1, 0.15) is 15.2 Å². The predicted molar refractivity (Wildman–Crippen MR) is 80.1 cm³/mol. The monoisotopic (exact) mass is 325 g/mol. The summed E-state index contributed by atoms with van der Waals surface area (Å²) in [6.45, 7) is 0.215. The quantitative estimate of drug-likeness (QED) is 0.856. The summed E-state index contributed by atoms with van der Waals surface area (Å²) in [5.74, 6) is -0.922. The standard InChI is InChI=1S/C14H12ClNO4S/c15-10-3-1-9(2-4-10)6-16-13(17)7-20-11-5-12(14(18)19)21-8-11/h1-5,8H,6-7H2,(H,16,17)(H,18,19). The van der Waals surface area contributed by atoms with Gasteiger partial charge in [0.1, 0.15) is 10.6 Å². The van der Waals surface area contributed by atoms with Gasteiger partial charge in [-0.25, -0.2) is 4.79 Å². The number of rotatable bonds is 6. The van der Waals surface area contributed by atoms with E-state index in [4.69, 9.17) is 21.4 Å². The zero-order chi connectivity index (χ0) is 15.2. The van der Waals surface area contributed by atoms with E-state index >= 15 is 0 Å². The van der Waals surface area contributed by atoms with E-state index in [2.05, 4.69) is 5.32 Å². The third-order valence-electron chi connectivity index (χ3n) is 2.56. The molecule has 1 amide bonds. The number of benzene rings is 1. The van der Waals surface area contributed by atoms with Crippen molar-refractivity contribution in [2.45, 2.75) is 6.54 Å². The molecule has 0 bridgehead atoms. The van der Waals surface area contributed by atoms with E-state index in [1.54, 1.807) is 17.5 Å². The fourth-order valence-corrected chi connectivity index (χ4v) is 2.30. The summed E-state index contributed by atoms with van der Waals surface area (Å²) in [7, 11) is 0. The van der Waals surface area contributed by atoms with Gasteiger partial charge in [0.2, 0.25) is 0 Å². The normalized spacial score (nSPS) is 10.1. The van der Waals surface area contributed by atoms with Gasteiger partial charge in [-0.3, -0.25) is 4.79 Å². The molecule has 0 spiro atoms. The van der Waals surface area contributed by atoms with Gasteiger partial charge in [-0.1, -0.05) is 23.7 Å². The van der Waals surface area contributed by atoms with E-state index in [1.807, 2.05) is 12.1 Å². The van der Waals surface area contributed by atoms with E-state index in [0.29, 0.717) is 17.3 Å². The van der Waals surface area contributed by atoms with Crippen molar-refractivity contribution in [3.63, 3.8) is 0 Å². The number of carbonyl (C=O) groups excluding carboxylic acids is 1. The van der Waals surface area contributed by atoms with Gasteiger partial charge in [0.05, 0.1) is 0 Å². The summed E-state index contributed by atoms with van der Waals surface area (Å²) < 4.78 is 5.22. The number of aromatic carboxylic acids is 1. The Morgan fingerprint density at radius 3 is 2.62 bits per heavy atom. The summed E-state index contributed by atoms with van der Waals surface area (Å²) in [5, 5.41) is 13.7. The molecule has 0 aliphatic heterocycles. The first-order chi connectivity index (χ1) is 10.0. The van der Waals surface area contributed by atoms with Crippen molar-refractivity contribution < 1.29 is 19.4 Å². The minimum absolute atomic E-state index is 0.163. The Bertz CT molecular complexity index is 639. The molecule has 1 heterocycles. The van der Waals surface area contributed by atoms with Crippen LogP contribution in [0.3, 0.4) is 0 Å². The minimum Gasteiger partial charge on any atom is -0.483 e. The van der Waals surface area contributed by atoms with Gasteiger partial charge in [0, 0.05) is 23.0 Å². The lowest BCUT2D eigenvalue weighted by molar-refractivity contribution is -0.123. The van der Waals surface area contributed by atoms with E-state index < -0.39 is 5.97 Å². The summed E-state index contributed by atoms with van der Waals surface area (Å²) >= 11 is 6.82. The maximum Gasteiger partial charge on any atom is 0.346 e. The van der Waals surface area contributed by atoms with Crippen LogP contribution < -0.4 is 10.1 Å². The molecule has 0 radical (unpaired) electrons. The lowest BCUT2D eigenvalue weighted by Crippen LogP contribution is -2.28. The van der Waals surface area contributed by atoms with Crippen molar-refractivity contribution in [3.8, 4) is 5.75 Å². The first kappa shape index (κ1) is 15.3. The summed E-state index contributed by atoms with van der Waals surface area (Å²) in [5.41, 5.74) is 0.927. The Hall–Kier alpha value is -2.05. The largest absolute Gasteiger partial charge is 0.483 e. The molecule has 110 valence electrons. The molecule has 21 heavy (non-hydrogen) atoms. The van der Waals surface area contributed by atoms with Crippen LogP contribution in [0.4, 0.5) is 0 Å². The van der Waals surface area contributed by atoms with E-state index in [9.17, 15) is 9.59 Å². The molecular formula is C14H12ClNO4S. The molecule has 2 rings (SSSR count). The zero-order valence-electron chi connectivity index (χ0n) is 10.8. The molecule has 2 N–H and O–H groups in total. The molecule has 0 unspecified atom stereocenters. The summed E-state index contributed by atoms with van der Waals surface area (Å²) in [6.07, 6.45) is 0. The predicted octanol–water partition coefficient (Wildman–Crippen LogP) is 2.79. The van der Waals surface area contributed by atoms with Gasteiger partial charge in [-0.05, 0) is 17.7 Å². The second-order valence-corrected chi connectivity index (χ2v) is 5.49. The van der Waals surface area contributed by atoms with Gasteiger partial charge in [0.25, 0.3) is 5.91 Å². The molecule has 0 aliphatic rings. The van der Waals surface area contributed by atoms with Gasteiger partial charge >= 0.3 is 5.97 Å². The Morgan fingerprint density at radius 1 is 1.29 bits per heavy atom. The van der Waals surface area contributed by atoms with Crippen LogP contribution in [0.15, 0.2) is 35.7 Å². The molecule has 1 aromatic heterocycles. The molecule has 5 nitrogen and oxygen atoms in total. The van der Waals surface area contributed by atoms with Crippen molar-refractivity contribution in [3.05, 3.63) is 51.2 Å². The van der Waals surface area contributed by atoms with Crippen LogP contribution in [0.2, 0.25) is 5.02 Å². The van der Waals surface area contributed by atoms with Crippen LogP contribution >= 0.6 is 22.9 Å². The number of ether oxygens (including phenoxy) is 1. The van der Waals surface area contributed by atoms with Crippen molar-refractivity contribution >= 4 is 34.8 Å². The smallest absolute Gasteiger partial charge is 0.346 e. The van der Waals surface area contributed by atoms with E-state index in [0.717, 1.165) is 16.9 Å². The number of nitrogens with one attached hydrogen (secondary N) is 1. The Kier molecular flexibility index (Phi) is 5.19. The van der Waals surface area contributed by atoms with Crippen LogP contribution in [0, 0.1) is 0 Å². The first-order valence-corrected chi connectivity index (χ1v) is 7.26. The minimum atomic E-state index is -1.01. The van der Waals surface area contributed by atoms with Crippen molar-refractivity contribution in [1.29, 1.82) is 0 Å². The van der Waals surface area contributed by atoms with E-state index in [1.165, 1.54) is 6.07 Å². The Balaban J connectivity index is 1.76. The topological polar surface area (TPSA) is 75.6 Å². The van der Waals surface area contributed by atoms with Gasteiger partial charge in [-0.15, -0.1) is 11.3 Å². The van der Waals surface area contributed by atoms with Gasteiger partial charge < -0.3 is 15.2 Å². The molecule has 0 atom stereocenters. The van der Waals surface area contributed by atoms with Gasteiger partial charge in [0.15, 0.2) is 6.61 Å². The highest BCUT2D eigenvalue weighted by Crippen LogP contribution is 2.21. The highest BCUT2D eigenvalue weighted by molar-refractivity contribution is 7.12. The maximum absolute atomic E-state index is 11.6. The number of carboxylic acids is 1. The lowest BCUT2D eigenvalue weighted by Gasteiger charge is -2.06. The number of hydrogen-bond acceptors (Lipinski definition) is 4. The molecule has 0 saturated heterocycles. The summed E-state index contributed by atoms with van der Waals surface area (Å²) in [6, 6.07) is 8.53. The SMILES string of the molecule is O=C(COc1csc(C(=O)O)c1)NCc1ccc(Cl)cc1. The highest BCUT2D eigenvalue weighted by Gasteiger charge is 2.09. The number of carboxylic acid groups (broad SMARTS) is 1. The second-order valence-electron chi connectivity index (χ2n) is 4.14. The molecule has 1 aromatic carbocycles.